The van der Waals surface area contributed by atoms with Crippen LogP contribution in [0.1, 0.15) is 0 Å². The number of pyridine rings is 1. The fourth-order valence-corrected chi connectivity index (χ4v) is 1.44. The molecular formula is C11H10BrN3O. The minimum absolute atomic E-state index is 0.498. The van der Waals surface area contributed by atoms with Crippen molar-refractivity contribution in [3.05, 3.63) is 46.9 Å². The van der Waals surface area contributed by atoms with E-state index in [4.69, 9.17) is 10.6 Å². The molecule has 0 aliphatic rings. The van der Waals surface area contributed by atoms with Crippen molar-refractivity contribution in [3.8, 4) is 11.6 Å². The van der Waals surface area contributed by atoms with Crippen LogP contribution in [0.5, 0.6) is 11.6 Å². The first kappa shape index (κ1) is 10.9. The highest BCUT2D eigenvalue weighted by atomic mass is 79.9. The number of ether oxygens (including phenoxy) is 1. The Morgan fingerprint density at radius 1 is 1.12 bits per heavy atom. The Morgan fingerprint density at radius 3 is 2.56 bits per heavy atom. The van der Waals surface area contributed by atoms with Gasteiger partial charge < -0.3 is 10.2 Å². The van der Waals surface area contributed by atoms with Gasteiger partial charge >= 0.3 is 0 Å². The number of halogens is 1. The quantitative estimate of drug-likeness (QED) is 0.670. The van der Waals surface area contributed by atoms with E-state index in [0.29, 0.717) is 11.7 Å². The van der Waals surface area contributed by atoms with Crippen LogP contribution in [0, 0.1) is 0 Å². The van der Waals surface area contributed by atoms with E-state index in [1.165, 1.54) is 0 Å². The van der Waals surface area contributed by atoms with E-state index in [9.17, 15) is 0 Å². The van der Waals surface area contributed by atoms with Crippen LogP contribution in [-0.2, 0) is 0 Å². The number of hydrogen-bond acceptors (Lipinski definition) is 4. The van der Waals surface area contributed by atoms with Crippen molar-refractivity contribution in [1.29, 1.82) is 0 Å². The number of rotatable bonds is 3. The molecule has 0 bridgehead atoms. The van der Waals surface area contributed by atoms with Crippen molar-refractivity contribution in [3.63, 3.8) is 0 Å². The van der Waals surface area contributed by atoms with Gasteiger partial charge in [-0.15, -0.1) is 0 Å². The first-order valence-electron chi connectivity index (χ1n) is 4.65. The Morgan fingerprint density at radius 2 is 1.88 bits per heavy atom. The number of nitrogens with zero attached hydrogens (tertiary/aromatic N) is 1. The molecule has 0 atom stereocenters. The van der Waals surface area contributed by atoms with Crippen molar-refractivity contribution >= 4 is 21.7 Å². The van der Waals surface area contributed by atoms with Crippen LogP contribution in [0.25, 0.3) is 0 Å². The zero-order valence-electron chi connectivity index (χ0n) is 8.35. The molecule has 0 aliphatic heterocycles. The SMILES string of the molecule is NNc1cccc(Oc2ccc(Br)cc2)n1. The van der Waals surface area contributed by atoms with Crippen LogP contribution in [0.4, 0.5) is 5.82 Å². The van der Waals surface area contributed by atoms with Crippen molar-refractivity contribution in [2.24, 2.45) is 5.84 Å². The predicted octanol–water partition coefficient (Wildman–Crippen LogP) is 2.92. The number of aromatic nitrogens is 1. The minimum Gasteiger partial charge on any atom is -0.439 e. The smallest absolute Gasteiger partial charge is 0.221 e. The molecule has 82 valence electrons. The number of hydrazine groups is 1. The van der Waals surface area contributed by atoms with Crippen molar-refractivity contribution in [2.75, 3.05) is 5.43 Å². The second-order valence-corrected chi connectivity index (χ2v) is 3.98. The minimum atomic E-state index is 0.498. The summed E-state index contributed by atoms with van der Waals surface area (Å²) >= 11 is 3.36. The third-order valence-corrected chi connectivity index (χ3v) is 2.44. The highest BCUT2D eigenvalue weighted by molar-refractivity contribution is 9.10. The van der Waals surface area contributed by atoms with E-state index < -0.39 is 0 Å². The van der Waals surface area contributed by atoms with Gasteiger partial charge in [0.2, 0.25) is 5.88 Å². The molecule has 0 fully saturated rings. The van der Waals surface area contributed by atoms with E-state index in [1.54, 1.807) is 12.1 Å². The lowest BCUT2D eigenvalue weighted by Gasteiger charge is -2.06. The number of hydrogen-bond donors (Lipinski definition) is 2. The fraction of sp³-hybridized carbons (Fsp3) is 0. The molecule has 0 spiro atoms. The lowest BCUT2D eigenvalue weighted by molar-refractivity contribution is 0.463. The number of benzene rings is 1. The van der Waals surface area contributed by atoms with Crippen LogP contribution >= 0.6 is 15.9 Å². The summed E-state index contributed by atoms with van der Waals surface area (Å²) in [7, 11) is 0. The lowest BCUT2D eigenvalue weighted by atomic mass is 10.3. The molecule has 0 radical (unpaired) electrons. The van der Waals surface area contributed by atoms with Gasteiger partial charge in [0.1, 0.15) is 11.6 Å². The molecule has 0 amide bonds. The monoisotopic (exact) mass is 279 g/mol. The molecule has 0 unspecified atom stereocenters. The molecule has 16 heavy (non-hydrogen) atoms. The van der Waals surface area contributed by atoms with Crippen molar-refractivity contribution in [1.82, 2.24) is 4.98 Å². The molecule has 4 nitrogen and oxygen atoms in total. The summed E-state index contributed by atoms with van der Waals surface area (Å²) in [6.45, 7) is 0. The standard InChI is InChI=1S/C11H10BrN3O/c12-8-4-6-9(7-5-8)16-11-3-1-2-10(14-11)15-13/h1-7H,13H2,(H,14,15). The van der Waals surface area contributed by atoms with E-state index in [1.807, 2.05) is 30.3 Å². The molecule has 1 heterocycles. The van der Waals surface area contributed by atoms with Gasteiger partial charge in [0, 0.05) is 10.5 Å². The van der Waals surface area contributed by atoms with Crippen molar-refractivity contribution < 1.29 is 4.74 Å². The highest BCUT2D eigenvalue weighted by Gasteiger charge is 1.99. The zero-order valence-corrected chi connectivity index (χ0v) is 9.94. The maximum Gasteiger partial charge on any atom is 0.221 e. The largest absolute Gasteiger partial charge is 0.439 e. The molecule has 3 N–H and O–H groups in total. The summed E-state index contributed by atoms with van der Waals surface area (Å²) in [6.07, 6.45) is 0. The van der Waals surface area contributed by atoms with Gasteiger partial charge in [-0.2, -0.15) is 4.98 Å². The lowest BCUT2D eigenvalue weighted by Crippen LogP contribution is -2.08. The van der Waals surface area contributed by atoms with E-state index >= 15 is 0 Å². The van der Waals surface area contributed by atoms with Crippen LogP contribution in [0.15, 0.2) is 46.9 Å². The van der Waals surface area contributed by atoms with Crippen LogP contribution in [0.2, 0.25) is 0 Å². The van der Waals surface area contributed by atoms with Gasteiger partial charge in [-0.1, -0.05) is 22.0 Å². The highest BCUT2D eigenvalue weighted by Crippen LogP contribution is 2.22. The number of nitrogen functional groups attached to an aromatic ring is 1. The Balaban J connectivity index is 2.16. The first-order chi connectivity index (χ1) is 7.78. The topological polar surface area (TPSA) is 60.2 Å². The number of anilines is 1. The molecule has 0 aliphatic carbocycles. The third-order valence-electron chi connectivity index (χ3n) is 1.91. The van der Waals surface area contributed by atoms with Gasteiger partial charge in [-0.05, 0) is 30.3 Å². The Kier molecular flexibility index (Phi) is 3.38. The maximum absolute atomic E-state index is 5.55. The van der Waals surface area contributed by atoms with Crippen molar-refractivity contribution in [2.45, 2.75) is 0 Å². The maximum atomic E-state index is 5.55. The van der Waals surface area contributed by atoms with Crippen LogP contribution in [0.3, 0.4) is 0 Å². The average molecular weight is 280 g/mol. The van der Waals surface area contributed by atoms with E-state index in [0.717, 1.165) is 10.2 Å². The zero-order chi connectivity index (χ0) is 11.4. The molecule has 0 saturated heterocycles. The number of nitrogens with one attached hydrogen (secondary N) is 1. The molecule has 5 heteroatoms. The first-order valence-corrected chi connectivity index (χ1v) is 5.44. The summed E-state index contributed by atoms with van der Waals surface area (Å²) in [5.74, 6) is 7.05. The Hall–Kier alpha value is -1.59. The van der Waals surface area contributed by atoms with E-state index in [2.05, 4.69) is 26.3 Å². The van der Waals surface area contributed by atoms with Crippen LogP contribution in [-0.4, -0.2) is 4.98 Å². The fourth-order valence-electron chi connectivity index (χ4n) is 1.18. The second-order valence-electron chi connectivity index (χ2n) is 3.06. The van der Waals surface area contributed by atoms with Gasteiger partial charge in [0.15, 0.2) is 0 Å². The summed E-state index contributed by atoms with van der Waals surface area (Å²) in [5, 5.41) is 0. The molecular weight excluding hydrogens is 270 g/mol. The number of nitrogens with two attached hydrogens (primary N) is 1. The summed E-state index contributed by atoms with van der Waals surface area (Å²) in [5.41, 5.74) is 2.46. The molecule has 2 aromatic rings. The normalized spacial score (nSPS) is 9.88. The molecule has 0 saturated carbocycles. The molecule has 2 rings (SSSR count). The summed E-state index contributed by atoms with van der Waals surface area (Å²) in [6, 6.07) is 12.9. The van der Waals surface area contributed by atoms with E-state index in [-0.39, 0.29) is 0 Å². The second kappa shape index (κ2) is 4.96. The van der Waals surface area contributed by atoms with Gasteiger partial charge in [0.25, 0.3) is 0 Å². The molecule has 1 aromatic carbocycles. The Labute approximate surface area is 102 Å². The summed E-state index contributed by atoms with van der Waals surface area (Å²) in [4.78, 5) is 4.14. The third kappa shape index (κ3) is 2.71. The molecule has 1 aromatic heterocycles. The van der Waals surface area contributed by atoms with Gasteiger partial charge in [0.05, 0.1) is 0 Å². The predicted molar refractivity (Wildman–Crippen MR) is 66.3 cm³/mol. The van der Waals surface area contributed by atoms with Gasteiger partial charge in [-0.25, -0.2) is 5.84 Å². The average Bonchev–Trinajstić information content (AvgIpc) is 2.32. The summed E-state index contributed by atoms with van der Waals surface area (Å²) < 4.78 is 6.55. The van der Waals surface area contributed by atoms with Crippen LogP contribution < -0.4 is 16.0 Å². The van der Waals surface area contributed by atoms with Gasteiger partial charge in [-0.3, -0.25) is 0 Å². The Bertz CT molecular complexity index is 473.